The lowest BCUT2D eigenvalue weighted by atomic mass is 10.1. The van der Waals surface area contributed by atoms with E-state index in [0.717, 1.165) is 0 Å². The molecule has 0 aliphatic heterocycles. The van der Waals surface area contributed by atoms with Crippen LogP contribution in [0.4, 0.5) is 11.4 Å². The van der Waals surface area contributed by atoms with Crippen LogP contribution in [0.1, 0.15) is 12.5 Å². The highest BCUT2D eigenvalue weighted by Gasteiger charge is 2.26. The third-order valence-electron chi connectivity index (χ3n) is 2.64. The first-order valence-corrected chi connectivity index (χ1v) is 5.03. The monoisotopic (exact) mass is 249 g/mol. The number of anilines is 1. The van der Waals surface area contributed by atoms with Gasteiger partial charge < -0.3 is 10.0 Å². The molecule has 1 aromatic rings. The first-order chi connectivity index (χ1) is 8.40. The van der Waals surface area contributed by atoms with Crippen molar-refractivity contribution in [2.75, 3.05) is 11.9 Å². The molecule has 0 aliphatic carbocycles. The topological polar surface area (TPSA) is 107 Å². The van der Waals surface area contributed by atoms with Crippen LogP contribution < -0.4 is 4.90 Å². The van der Waals surface area contributed by atoms with Gasteiger partial charge in [-0.25, -0.2) is 4.79 Å². The van der Waals surface area contributed by atoms with Gasteiger partial charge in [0, 0.05) is 7.05 Å². The van der Waals surface area contributed by atoms with Gasteiger partial charge in [0.1, 0.15) is 23.4 Å². The standard InChI is InChI=1S/C11H11N3O4/c1-7(11(15)16)13(2)9-5-3-4-8(6-12)10(9)14(17)18/h3-5,7H,1-2H3,(H,15,16). The summed E-state index contributed by atoms with van der Waals surface area (Å²) in [5, 5.41) is 28.7. The summed E-state index contributed by atoms with van der Waals surface area (Å²) in [4.78, 5) is 22.4. The third-order valence-corrected chi connectivity index (χ3v) is 2.64. The van der Waals surface area contributed by atoms with Gasteiger partial charge in [0.15, 0.2) is 0 Å². The molecule has 0 fully saturated rings. The van der Waals surface area contributed by atoms with E-state index in [1.807, 2.05) is 0 Å². The fourth-order valence-corrected chi connectivity index (χ4v) is 1.47. The van der Waals surface area contributed by atoms with E-state index in [-0.39, 0.29) is 16.9 Å². The molecule has 0 spiro atoms. The van der Waals surface area contributed by atoms with E-state index in [2.05, 4.69) is 0 Å². The van der Waals surface area contributed by atoms with Gasteiger partial charge in [0.25, 0.3) is 0 Å². The number of nitrogens with zero attached hydrogens (tertiary/aromatic N) is 3. The Labute approximate surface area is 103 Å². The summed E-state index contributed by atoms with van der Waals surface area (Å²) in [6, 6.07) is 5.01. The highest BCUT2D eigenvalue weighted by molar-refractivity contribution is 5.80. The van der Waals surface area contributed by atoms with E-state index in [9.17, 15) is 14.9 Å². The van der Waals surface area contributed by atoms with Crippen molar-refractivity contribution in [2.45, 2.75) is 13.0 Å². The Morgan fingerprint density at radius 1 is 1.61 bits per heavy atom. The van der Waals surface area contributed by atoms with Crippen LogP contribution in [0.2, 0.25) is 0 Å². The van der Waals surface area contributed by atoms with Crippen LogP contribution in [0.15, 0.2) is 18.2 Å². The maximum atomic E-state index is 11.0. The molecular weight excluding hydrogens is 238 g/mol. The smallest absolute Gasteiger partial charge is 0.326 e. The third kappa shape index (κ3) is 2.38. The summed E-state index contributed by atoms with van der Waals surface area (Å²) in [5.41, 5.74) is -0.369. The predicted molar refractivity (Wildman–Crippen MR) is 63.3 cm³/mol. The van der Waals surface area contributed by atoms with Crippen molar-refractivity contribution in [3.63, 3.8) is 0 Å². The molecule has 1 aromatic carbocycles. The molecule has 0 aliphatic rings. The number of likely N-dealkylation sites (N-methyl/N-ethyl adjacent to an activating group) is 1. The summed E-state index contributed by atoms with van der Waals surface area (Å²) in [6.07, 6.45) is 0. The number of carbonyl (C=O) groups is 1. The van der Waals surface area contributed by atoms with Crippen LogP contribution >= 0.6 is 0 Å². The molecule has 0 amide bonds. The number of hydrogen-bond donors (Lipinski definition) is 1. The van der Waals surface area contributed by atoms with E-state index >= 15 is 0 Å². The van der Waals surface area contributed by atoms with Crippen molar-refractivity contribution < 1.29 is 14.8 Å². The minimum atomic E-state index is -1.10. The molecule has 1 N–H and O–H groups in total. The van der Waals surface area contributed by atoms with Gasteiger partial charge in [-0.3, -0.25) is 10.1 Å². The molecule has 0 heterocycles. The summed E-state index contributed by atoms with van der Waals surface area (Å²) >= 11 is 0. The maximum Gasteiger partial charge on any atom is 0.326 e. The normalized spacial score (nSPS) is 11.4. The van der Waals surface area contributed by atoms with Gasteiger partial charge in [0.2, 0.25) is 0 Å². The predicted octanol–water partition coefficient (Wildman–Crippen LogP) is 1.38. The van der Waals surface area contributed by atoms with Crippen molar-refractivity contribution in [3.8, 4) is 6.07 Å². The number of nitro groups is 1. The zero-order valence-corrected chi connectivity index (χ0v) is 9.82. The summed E-state index contributed by atoms with van der Waals surface area (Å²) in [7, 11) is 1.43. The first kappa shape index (κ1) is 13.4. The van der Waals surface area contributed by atoms with Gasteiger partial charge >= 0.3 is 11.7 Å². The number of nitriles is 1. The minimum Gasteiger partial charge on any atom is -0.480 e. The van der Waals surface area contributed by atoms with E-state index in [4.69, 9.17) is 10.4 Å². The molecule has 1 atom stereocenters. The second-order valence-corrected chi connectivity index (χ2v) is 3.67. The largest absolute Gasteiger partial charge is 0.480 e. The first-order valence-electron chi connectivity index (χ1n) is 5.03. The van der Waals surface area contributed by atoms with Crippen LogP contribution in [0, 0.1) is 21.4 Å². The summed E-state index contributed by atoms with van der Waals surface area (Å²) in [6.45, 7) is 1.41. The molecule has 0 bridgehead atoms. The Balaban J connectivity index is 3.37. The zero-order chi connectivity index (χ0) is 13.9. The molecule has 1 unspecified atom stereocenters. The van der Waals surface area contributed by atoms with Gasteiger partial charge in [0.05, 0.1) is 4.92 Å². The molecule has 94 valence electrons. The second-order valence-electron chi connectivity index (χ2n) is 3.67. The number of rotatable bonds is 4. The van der Waals surface area contributed by atoms with E-state index < -0.39 is 16.9 Å². The fraction of sp³-hybridized carbons (Fsp3) is 0.273. The molecule has 0 saturated heterocycles. The molecule has 18 heavy (non-hydrogen) atoms. The quantitative estimate of drug-likeness (QED) is 0.637. The Morgan fingerprint density at radius 2 is 2.22 bits per heavy atom. The van der Waals surface area contributed by atoms with E-state index in [0.29, 0.717) is 0 Å². The average molecular weight is 249 g/mol. The molecule has 0 saturated carbocycles. The van der Waals surface area contributed by atoms with E-state index in [1.165, 1.54) is 37.1 Å². The van der Waals surface area contributed by atoms with E-state index in [1.54, 1.807) is 6.07 Å². The maximum absolute atomic E-state index is 11.0. The number of benzene rings is 1. The fourth-order valence-electron chi connectivity index (χ4n) is 1.47. The Morgan fingerprint density at radius 3 is 2.67 bits per heavy atom. The van der Waals surface area contributed by atoms with Crippen LogP contribution in [-0.4, -0.2) is 29.1 Å². The molecule has 7 nitrogen and oxygen atoms in total. The van der Waals surface area contributed by atoms with Crippen LogP contribution in [0.5, 0.6) is 0 Å². The Bertz CT molecular complexity index is 536. The molecule has 7 heteroatoms. The van der Waals surface area contributed by atoms with Crippen molar-refractivity contribution in [1.29, 1.82) is 5.26 Å². The summed E-state index contributed by atoms with van der Waals surface area (Å²) in [5.74, 6) is -1.10. The minimum absolute atomic E-state index is 0.0954. The van der Waals surface area contributed by atoms with Gasteiger partial charge in [-0.15, -0.1) is 0 Å². The van der Waals surface area contributed by atoms with Crippen LogP contribution in [0.3, 0.4) is 0 Å². The Kier molecular flexibility index (Phi) is 3.84. The van der Waals surface area contributed by atoms with Crippen molar-refractivity contribution in [1.82, 2.24) is 0 Å². The highest BCUT2D eigenvalue weighted by Crippen LogP contribution is 2.31. The lowest BCUT2D eigenvalue weighted by Gasteiger charge is -2.23. The van der Waals surface area contributed by atoms with Crippen molar-refractivity contribution in [2.24, 2.45) is 0 Å². The lowest BCUT2D eigenvalue weighted by Crippen LogP contribution is -2.36. The van der Waals surface area contributed by atoms with Gasteiger partial charge in [-0.1, -0.05) is 6.07 Å². The van der Waals surface area contributed by atoms with Gasteiger partial charge in [-0.05, 0) is 19.1 Å². The Hall–Kier alpha value is -2.62. The lowest BCUT2D eigenvalue weighted by molar-refractivity contribution is -0.384. The molecule has 0 radical (unpaired) electrons. The SMILES string of the molecule is CC(C(=O)O)N(C)c1cccc(C#N)c1[N+](=O)[O-]. The second kappa shape index (κ2) is 5.14. The number of carboxylic acid groups (broad SMARTS) is 1. The number of nitro benzene ring substituents is 1. The molecular formula is C11H11N3O4. The van der Waals surface area contributed by atoms with Crippen LogP contribution in [0.25, 0.3) is 0 Å². The highest BCUT2D eigenvalue weighted by atomic mass is 16.6. The number of aliphatic carboxylic acids is 1. The van der Waals surface area contributed by atoms with Gasteiger partial charge in [-0.2, -0.15) is 5.26 Å². The summed E-state index contributed by atoms with van der Waals surface area (Å²) < 4.78 is 0. The molecule has 0 aromatic heterocycles. The number of carboxylic acids is 1. The van der Waals surface area contributed by atoms with Crippen LogP contribution in [-0.2, 0) is 4.79 Å². The number of para-hydroxylation sites is 1. The van der Waals surface area contributed by atoms with Crippen molar-refractivity contribution >= 4 is 17.3 Å². The van der Waals surface area contributed by atoms with Crippen molar-refractivity contribution in [3.05, 3.63) is 33.9 Å². The average Bonchev–Trinajstić information content (AvgIpc) is 2.35. The number of hydrogen-bond acceptors (Lipinski definition) is 5. The molecule has 1 rings (SSSR count). The zero-order valence-electron chi connectivity index (χ0n) is 9.82.